The standard InChI is InChI=1S/C33H44ClN5O3S/c1-31(2,3)26-17-15-24(28(34)35-26)29(40)37-43-27-18-19-39(36-27)25(23-12-10-9-11-13-23)16-14-22-20-33(7,8)38(21-22)30(41)42-32(4,5)6/h9-13,15,17-19,22,25H,14,16,20-21H2,1-8H3,(H,37,40)/t22-,25?/m0/s1. The van der Waals surface area contributed by atoms with Gasteiger partial charge in [-0.15, -0.1) is 0 Å². The number of carbonyl (C=O) groups excluding carboxylic acids is 2. The zero-order valence-electron chi connectivity index (χ0n) is 26.5. The molecule has 1 aromatic carbocycles. The van der Waals surface area contributed by atoms with Crippen molar-refractivity contribution in [3.8, 4) is 0 Å². The number of halogens is 1. The smallest absolute Gasteiger partial charge is 0.410 e. The fraction of sp³-hybridized carbons (Fsp3) is 0.515. The van der Waals surface area contributed by atoms with Crippen molar-refractivity contribution in [1.29, 1.82) is 0 Å². The van der Waals surface area contributed by atoms with Crippen molar-refractivity contribution in [1.82, 2.24) is 24.4 Å². The fourth-order valence-corrected chi connectivity index (χ4v) is 6.27. The maximum absolute atomic E-state index is 12.9. The van der Waals surface area contributed by atoms with Crippen LogP contribution in [0.4, 0.5) is 4.79 Å². The molecule has 3 heterocycles. The Kier molecular flexibility index (Phi) is 9.86. The summed E-state index contributed by atoms with van der Waals surface area (Å²) in [5.74, 6) is 0.0240. The molecular weight excluding hydrogens is 582 g/mol. The molecule has 1 aliphatic rings. The lowest BCUT2D eigenvalue weighted by atomic mass is 9.90. The Morgan fingerprint density at radius 1 is 1.09 bits per heavy atom. The summed E-state index contributed by atoms with van der Waals surface area (Å²) in [6.45, 7) is 16.7. The molecule has 10 heteroatoms. The number of amides is 2. The number of hydrogen-bond donors (Lipinski definition) is 1. The molecule has 3 aromatic rings. The summed E-state index contributed by atoms with van der Waals surface area (Å²) in [6, 6.07) is 15.8. The van der Waals surface area contributed by atoms with Gasteiger partial charge in [0.2, 0.25) is 0 Å². The van der Waals surface area contributed by atoms with Gasteiger partial charge in [0.05, 0.1) is 11.6 Å². The molecule has 8 nitrogen and oxygen atoms in total. The molecular formula is C33H44ClN5O3S. The summed E-state index contributed by atoms with van der Waals surface area (Å²) in [5, 5.41) is 5.66. The Morgan fingerprint density at radius 2 is 1.79 bits per heavy atom. The first-order valence-corrected chi connectivity index (χ1v) is 16.0. The molecule has 0 radical (unpaired) electrons. The second kappa shape index (κ2) is 12.9. The summed E-state index contributed by atoms with van der Waals surface area (Å²) in [5.41, 5.74) is 1.34. The van der Waals surface area contributed by atoms with Gasteiger partial charge in [0.1, 0.15) is 15.8 Å². The molecule has 0 bridgehead atoms. The van der Waals surface area contributed by atoms with Crippen molar-refractivity contribution in [2.75, 3.05) is 6.54 Å². The number of nitrogens with one attached hydrogen (secondary N) is 1. The third-order valence-corrected chi connectivity index (χ3v) is 8.62. The lowest BCUT2D eigenvalue weighted by molar-refractivity contribution is 0.0130. The van der Waals surface area contributed by atoms with Crippen LogP contribution in [-0.2, 0) is 10.2 Å². The first kappa shape index (κ1) is 32.9. The predicted molar refractivity (Wildman–Crippen MR) is 172 cm³/mol. The van der Waals surface area contributed by atoms with Crippen LogP contribution in [0.3, 0.4) is 0 Å². The fourth-order valence-electron chi connectivity index (χ4n) is 5.46. The lowest BCUT2D eigenvalue weighted by Crippen LogP contribution is -2.45. The first-order chi connectivity index (χ1) is 20.0. The topological polar surface area (TPSA) is 89.4 Å². The summed E-state index contributed by atoms with van der Waals surface area (Å²) in [6.07, 6.45) is 4.39. The third kappa shape index (κ3) is 8.54. The minimum absolute atomic E-state index is 0.00790. The third-order valence-electron chi connectivity index (χ3n) is 7.62. The van der Waals surface area contributed by atoms with E-state index < -0.39 is 5.60 Å². The van der Waals surface area contributed by atoms with Gasteiger partial charge in [-0.1, -0.05) is 62.7 Å². The quantitative estimate of drug-likeness (QED) is 0.201. The van der Waals surface area contributed by atoms with Crippen LogP contribution in [0, 0.1) is 5.92 Å². The zero-order valence-corrected chi connectivity index (χ0v) is 28.1. The predicted octanol–water partition coefficient (Wildman–Crippen LogP) is 8.07. The van der Waals surface area contributed by atoms with E-state index in [0.29, 0.717) is 23.1 Å². The molecule has 232 valence electrons. The summed E-state index contributed by atoms with van der Waals surface area (Å²) in [7, 11) is 0. The Bertz CT molecular complexity index is 1430. The number of nitrogens with zero attached hydrogens (tertiary/aromatic N) is 4. The number of carbonyl (C=O) groups is 2. The molecule has 4 rings (SSSR count). The van der Waals surface area contributed by atoms with Gasteiger partial charge in [0.15, 0.2) is 0 Å². The highest BCUT2D eigenvalue weighted by atomic mass is 35.5. The van der Waals surface area contributed by atoms with Gasteiger partial charge in [-0.05, 0) is 83.6 Å². The van der Waals surface area contributed by atoms with Crippen LogP contribution in [-0.4, -0.2) is 49.3 Å². The maximum atomic E-state index is 12.9. The lowest BCUT2D eigenvalue weighted by Gasteiger charge is -2.33. The van der Waals surface area contributed by atoms with Crippen molar-refractivity contribution in [2.45, 2.75) is 102 Å². The van der Waals surface area contributed by atoms with Crippen LogP contribution in [0.15, 0.2) is 59.8 Å². The number of aromatic nitrogens is 3. The summed E-state index contributed by atoms with van der Waals surface area (Å²) < 4.78 is 10.5. The molecule has 1 fully saturated rings. The molecule has 43 heavy (non-hydrogen) atoms. The Labute approximate surface area is 265 Å². The Morgan fingerprint density at radius 3 is 2.42 bits per heavy atom. The van der Waals surface area contributed by atoms with Gasteiger partial charge in [0.25, 0.3) is 5.91 Å². The van der Waals surface area contributed by atoms with Crippen LogP contribution in [0.25, 0.3) is 0 Å². The van der Waals surface area contributed by atoms with E-state index >= 15 is 0 Å². The normalized spacial score (nSPS) is 17.5. The van der Waals surface area contributed by atoms with Gasteiger partial charge in [-0.3, -0.25) is 14.2 Å². The van der Waals surface area contributed by atoms with Crippen LogP contribution in [0.2, 0.25) is 5.15 Å². The van der Waals surface area contributed by atoms with Gasteiger partial charge in [-0.25, -0.2) is 9.78 Å². The minimum Gasteiger partial charge on any atom is -0.444 e. The molecule has 1 saturated heterocycles. The SMILES string of the molecule is CC(C)(C)OC(=O)N1C[C@@H](CCC(c2ccccc2)n2ccc(SNC(=O)c3ccc(C(C)(C)C)nc3Cl)n2)CC1(C)C. The average molecular weight is 626 g/mol. The van der Waals surface area contributed by atoms with Gasteiger partial charge >= 0.3 is 6.09 Å². The Hall–Kier alpha value is -3.04. The molecule has 0 spiro atoms. The van der Waals surface area contributed by atoms with Crippen molar-refractivity contribution >= 4 is 35.5 Å². The maximum Gasteiger partial charge on any atom is 0.410 e. The Balaban J connectivity index is 1.42. The van der Waals surface area contributed by atoms with E-state index in [4.69, 9.17) is 21.4 Å². The zero-order chi connectivity index (χ0) is 31.6. The largest absolute Gasteiger partial charge is 0.444 e. The number of likely N-dealkylation sites (tertiary alicyclic amines) is 1. The highest BCUT2D eigenvalue weighted by molar-refractivity contribution is 7.97. The second-order valence-corrected chi connectivity index (χ2v) is 15.1. The number of ether oxygens (including phenoxy) is 1. The number of benzene rings is 1. The molecule has 0 aliphatic carbocycles. The average Bonchev–Trinajstić information content (AvgIpc) is 3.50. The molecule has 1 N–H and O–H groups in total. The van der Waals surface area contributed by atoms with Crippen molar-refractivity contribution < 1.29 is 14.3 Å². The van der Waals surface area contributed by atoms with Gasteiger partial charge in [-0.2, -0.15) is 5.10 Å². The van der Waals surface area contributed by atoms with E-state index in [1.807, 2.05) is 87.7 Å². The number of pyridine rings is 1. The molecule has 0 saturated carbocycles. The molecule has 2 aromatic heterocycles. The highest BCUT2D eigenvalue weighted by Gasteiger charge is 2.43. The van der Waals surface area contributed by atoms with Crippen molar-refractivity contribution in [2.24, 2.45) is 5.92 Å². The van der Waals surface area contributed by atoms with E-state index in [-0.39, 0.29) is 34.1 Å². The summed E-state index contributed by atoms with van der Waals surface area (Å²) in [4.78, 5) is 32.1. The van der Waals surface area contributed by atoms with E-state index in [0.717, 1.165) is 42.5 Å². The van der Waals surface area contributed by atoms with Gasteiger partial charge < -0.3 is 9.64 Å². The van der Waals surface area contributed by atoms with E-state index in [1.54, 1.807) is 6.07 Å². The van der Waals surface area contributed by atoms with E-state index in [1.165, 1.54) is 0 Å². The molecule has 1 unspecified atom stereocenters. The first-order valence-electron chi connectivity index (χ1n) is 14.8. The monoisotopic (exact) mass is 625 g/mol. The van der Waals surface area contributed by atoms with Crippen molar-refractivity contribution in [3.05, 3.63) is 76.7 Å². The van der Waals surface area contributed by atoms with Crippen LogP contribution in [0.5, 0.6) is 0 Å². The molecule has 1 aliphatic heterocycles. The van der Waals surface area contributed by atoms with Gasteiger partial charge in [0, 0.05) is 41.3 Å². The van der Waals surface area contributed by atoms with Crippen LogP contribution < -0.4 is 4.72 Å². The highest BCUT2D eigenvalue weighted by Crippen LogP contribution is 2.38. The second-order valence-electron chi connectivity index (χ2n) is 13.9. The molecule has 2 amide bonds. The summed E-state index contributed by atoms with van der Waals surface area (Å²) >= 11 is 7.51. The van der Waals surface area contributed by atoms with Crippen LogP contribution >= 0.6 is 23.5 Å². The van der Waals surface area contributed by atoms with E-state index in [2.05, 4.69) is 35.7 Å². The molecule has 2 atom stereocenters. The van der Waals surface area contributed by atoms with Crippen molar-refractivity contribution in [3.63, 3.8) is 0 Å². The minimum atomic E-state index is -0.529. The number of rotatable bonds is 8. The number of hydrogen-bond acceptors (Lipinski definition) is 6. The van der Waals surface area contributed by atoms with Crippen LogP contribution in [0.1, 0.15) is 102 Å². The van der Waals surface area contributed by atoms with E-state index in [9.17, 15) is 9.59 Å².